The highest BCUT2D eigenvalue weighted by atomic mass is 35.5. The summed E-state index contributed by atoms with van der Waals surface area (Å²) < 4.78 is 5.95. The third-order valence-electron chi connectivity index (χ3n) is 4.64. The van der Waals surface area contributed by atoms with Crippen LogP contribution in [0.25, 0.3) is 5.70 Å². The highest BCUT2D eigenvalue weighted by Gasteiger charge is 2.21. The van der Waals surface area contributed by atoms with E-state index in [2.05, 4.69) is 10.8 Å². The van der Waals surface area contributed by atoms with E-state index >= 15 is 0 Å². The van der Waals surface area contributed by atoms with Crippen LogP contribution in [0, 0.1) is 0 Å². The van der Waals surface area contributed by atoms with Crippen molar-refractivity contribution in [2.75, 3.05) is 31.2 Å². The van der Waals surface area contributed by atoms with E-state index in [1.807, 2.05) is 30.3 Å². The molecule has 1 atom stereocenters. The number of thiophene rings is 1. The van der Waals surface area contributed by atoms with Crippen molar-refractivity contribution in [1.29, 1.82) is 0 Å². The molecular formula is C20H20ClN3O4S. The van der Waals surface area contributed by atoms with Gasteiger partial charge in [-0.3, -0.25) is 19.9 Å². The van der Waals surface area contributed by atoms with Crippen LogP contribution in [0.2, 0.25) is 4.34 Å². The Kier molecular flexibility index (Phi) is 6.15. The van der Waals surface area contributed by atoms with Gasteiger partial charge in [0, 0.05) is 12.2 Å². The quantitative estimate of drug-likeness (QED) is 0.758. The molecule has 4 rings (SSSR count). The Hall–Kier alpha value is -2.39. The van der Waals surface area contributed by atoms with Gasteiger partial charge >= 0.3 is 0 Å². The third-order valence-corrected chi connectivity index (χ3v) is 5.87. The molecule has 2 aliphatic heterocycles. The number of carbonyl (C=O) groups excluding carboxylic acids is 2. The number of hydrogen-bond acceptors (Lipinski definition) is 6. The Balaban J connectivity index is 1.36. The average molecular weight is 434 g/mol. The zero-order chi connectivity index (χ0) is 20.2. The van der Waals surface area contributed by atoms with Gasteiger partial charge < -0.3 is 15.0 Å². The standard InChI is InChI=1S/C20H20ClN3O4S/c21-18-6-5-17(29-18)20(26)22-12-15-11-16(23-28-15)13-1-3-14(4-2-13)24-8-10-27-9-7-19(24)25/h1-6,11,15,23H,7-10,12H2,(H,22,26). The number of amides is 2. The first-order valence-corrected chi connectivity index (χ1v) is 10.4. The van der Waals surface area contributed by atoms with Gasteiger partial charge in [-0.15, -0.1) is 11.3 Å². The fourth-order valence-corrected chi connectivity index (χ4v) is 4.10. The zero-order valence-corrected chi connectivity index (χ0v) is 17.1. The van der Waals surface area contributed by atoms with E-state index in [9.17, 15) is 9.59 Å². The molecule has 9 heteroatoms. The number of nitrogens with zero attached hydrogens (tertiary/aromatic N) is 1. The van der Waals surface area contributed by atoms with Crippen LogP contribution < -0.4 is 15.7 Å². The van der Waals surface area contributed by atoms with Gasteiger partial charge in [-0.2, -0.15) is 0 Å². The molecule has 1 unspecified atom stereocenters. The normalized spacial score (nSPS) is 19.5. The summed E-state index contributed by atoms with van der Waals surface area (Å²) in [5, 5.41) is 2.84. The summed E-state index contributed by atoms with van der Waals surface area (Å²) >= 11 is 7.10. The molecule has 2 amide bonds. The molecule has 1 aromatic carbocycles. The Labute approximate surface area is 177 Å². The molecule has 0 radical (unpaired) electrons. The zero-order valence-electron chi connectivity index (χ0n) is 15.5. The summed E-state index contributed by atoms with van der Waals surface area (Å²) in [6.45, 7) is 1.91. The SMILES string of the molecule is O=C(NCC1C=C(c2ccc(N3CCOCCC3=O)cc2)NO1)c1ccc(Cl)s1. The number of halogens is 1. The summed E-state index contributed by atoms with van der Waals surface area (Å²) in [7, 11) is 0. The molecule has 3 heterocycles. The minimum Gasteiger partial charge on any atom is -0.379 e. The lowest BCUT2D eigenvalue weighted by Crippen LogP contribution is -2.32. The molecule has 2 aromatic rings. The summed E-state index contributed by atoms with van der Waals surface area (Å²) in [6, 6.07) is 11.1. The van der Waals surface area contributed by atoms with E-state index < -0.39 is 0 Å². The van der Waals surface area contributed by atoms with Gasteiger partial charge in [0.2, 0.25) is 5.91 Å². The molecule has 152 valence electrons. The van der Waals surface area contributed by atoms with Gasteiger partial charge in [-0.25, -0.2) is 0 Å². The monoisotopic (exact) mass is 433 g/mol. The number of anilines is 1. The molecule has 0 bridgehead atoms. The molecule has 1 saturated heterocycles. The van der Waals surface area contributed by atoms with Crippen LogP contribution >= 0.6 is 22.9 Å². The molecular weight excluding hydrogens is 414 g/mol. The maximum Gasteiger partial charge on any atom is 0.261 e. The van der Waals surface area contributed by atoms with E-state index in [1.165, 1.54) is 11.3 Å². The van der Waals surface area contributed by atoms with E-state index in [0.717, 1.165) is 16.9 Å². The second-order valence-electron chi connectivity index (χ2n) is 6.61. The van der Waals surface area contributed by atoms with Crippen LogP contribution in [0.15, 0.2) is 42.5 Å². The average Bonchev–Trinajstić information content (AvgIpc) is 3.33. The minimum atomic E-state index is -0.284. The first-order valence-electron chi connectivity index (χ1n) is 9.26. The third kappa shape index (κ3) is 4.79. The van der Waals surface area contributed by atoms with E-state index in [0.29, 0.717) is 41.9 Å². The molecule has 0 saturated carbocycles. The molecule has 29 heavy (non-hydrogen) atoms. The minimum absolute atomic E-state index is 0.0691. The molecule has 2 N–H and O–H groups in total. The maximum absolute atomic E-state index is 12.2. The Morgan fingerprint density at radius 2 is 2.07 bits per heavy atom. The Bertz CT molecular complexity index is 928. The van der Waals surface area contributed by atoms with Crippen molar-refractivity contribution in [3.63, 3.8) is 0 Å². The van der Waals surface area contributed by atoms with Gasteiger partial charge in [0.05, 0.1) is 41.1 Å². The lowest BCUT2D eigenvalue weighted by Gasteiger charge is -2.20. The maximum atomic E-state index is 12.2. The predicted octanol–water partition coefficient (Wildman–Crippen LogP) is 2.83. The van der Waals surface area contributed by atoms with Crippen LogP contribution in [0.5, 0.6) is 0 Å². The van der Waals surface area contributed by atoms with E-state index in [4.69, 9.17) is 21.2 Å². The number of benzene rings is 1. The summed E-state index contributed by atoms with van der Waals surface area (Å²) in [5.74, 6) is -0.109. The van der Waals surface area contributed by atoms with Crippen molar-refractivity contribution in [1.82, 2.24) is 10.8 Å². The fourth-order valence-electron chi connectivity index (χ4n) is 3.14. The molecule has 1 fully saturated rings. The highest BCUT2D eigenvalue weighted by Crippen LogP contribution is 2.24. The highest BCUT2D eigenvalue weighted by molar-refractivity contribution is 7.17. The van der Waals surface area contributed by atoms with Gasteiger partial charge in [0.1, 0.15) is 6.10 Å². The molecule has 1 aromatic heterocycles. The number of carbonyl (C=O) groups is 2. The molecule has 7 nitrogen and oxygen atoms in total. The summed E-state index contributed by atoms with van der Waals surface area (Å²) in [6.07, 6.45) is 2.03. The van der Waals surface area contributed by atoms with Crippen molar-refractivity contribution < 1.29 is 19.2 Å². The van der Waals surface area contributed by atoms with Crippen LogP contribution in [-0.2, 0) is 14.4 Å². The van der Waals surface area contributed by atoms with Crippen molar-refractivity contribution in [2.24, 2.45) is 0 Å². The lowest BCUT2D eigenvalue weighted by molar-refractivity contribution is -0.118. The first-order chi connectivity index (χ1) is 14.1. The summed E-state index contributed by atoms with van der Waals surface area (Å²) in [4.78, 5) is 32.1. The van der Waals surface area contributed by atoms with Crippen molar-refractivity contribution >= 4 is 46.1 Å². The number of nitrogens with one attached hydrogen (secondary N) is 2. The summed E-state index contributed by atoms with van der Waals surface area (Å²) in [5.41, 5.74) is 5.50. The fraction of sp³-hybridized carbons (Fsp3) is 0.300. The second kappa shape index (κ2) is 8.96. The van der Waals surface area contributed by atoms with Crippen molar-refractivity contribution in [3.05, 3.63) is 57.3 Å². The van der Waals surface area contributed by atoms with Crippen LogP contribution in [0.4, 0.5) is 5.69 Å². The lowest BCUT2D eigenvalue weighted by atomic mass is 10.1. The first kappa shape index (κ1) is 19.9. The van der Waals surface area contributed by atoms with Crippen LogP contribution in [0.1, 0.15) is 21.7 Å². The molecule has 0 aliphatic carbocycles. The molecule has 0 spiro atoms. The van der Waals surface area contributed by atoms with Gasteiger partial charge in [0.15, 0.2) is 0 Å². The number of ether oxygens (including phenoxy) is 1. The van der Waals surface area contributed by atoms with Gasteiger partial charge in [-0.05, 0) is 35.9 Å². The van der Waals surface area contributed by atoms with Crippen molar-refractivity contribution in [3.8, 4) is 0 Å². The largest absolute Gasteiger partial charge is 0.379 e. The van der Waals surface area contributed by atoms with Gasteiger partial charge in [0.25, 0.3) is 5.91 Å². The molecule has 2 aliphatic rings. The van der Waals surface area contributed by atoms with Crippen molar-refractivity contribution in [2.45, 2.75) is 12.5 Å². The number of hydroxylamine groups is 1. The number of hydrogen-bond donors (Lipinski definition) is 2. The smallest absolute Gasteiger partial charge is 0.261 e. The van der Waals surface area contributed by atoms with Crippen LogP contribution in [-0.4, -0.2) is 44.2 Å². The van der Waals surface area contributed by atoms with E-state index in [-0.39, 0.29) is 17.9 Å². The van der Waals surface area contributed by atoms with E-state index in [1.54, 1.807) is 17.0 Å². The van der Waals surface area contributed by atoms with Crippen LogP contribution in [0.3, 0.4) is 0 Å². The Morgan fingerprint density at radius 1 is 1.24 bits per heavy atom. The number of rotatable bonds is 5. The topological polar surface area (TPSA) is 79.9 Å². The van der Waals surface area contributed by atoms with Gasteiger partial charge in [-0.1, -0.05) is 23.7 Å². The Morgan fingerprint density at radius 3 is 2.83 bits per heavy atom. The second-order valence-corrected chi connectivity index (χ2v) is 8.32. The predicted molar refractivity (Wildman–Crippen MR) is 112 cm³/mol.